The van der Waals surface area contributed by atoms with Gasteiger partial charge in [0.25, 0.3) is 0 Å². The van der Waals surface area contributed by atoms with Crippen LogP contribution < -0.4 is 32.8 Å². The number of rotatable bonds is 6. The first-order valence-corrected chi connectivity index (χ1v) is 27.0. The second kappa shape index (κ2) is 16.8. The molecule has 15 rings (SSSR count). The molecule has 76 heavy (non-hydrogen) atoms. The van der Waals surface area contributed by atoms with Gasteiger partial charge < -0.3 is 9.13 Å². The molecule has 358 valence electrons. The molecule has 2 nitrogen and oxygen atoms in total. The van der Waals surface area contributed by atoms with E-state index in [4.69, 9.17) is 0 Å². The topological polar surface area (TPSA) is 9.86 Å². The second-order valence-corrected chi connectivity index (χ2v) is 21.9. The molecule has 0 saturated carbocycles. The number of aryl methyl sites for hydroxylation is 6. The van der Waals surface area contributed by atoms with Crippen LogP contribution in [0.2, 0.25) is 0 Å². The zero-order chi connectivity index (χ0) is 51.1. The van der Waals surface area contributed by atoms with Crippen LogP contribution in [-0.4, -0.2) is 22.6 Å². The van der Waals surface area contributed by atoms with Gasteiger partial charge in [-0.05, 0) is 138 Å². The molecule has 0 saturated heterocycles. The quantitative estimate of drug-likeness (QED) is 0.147. The summed E-state index contributed by atoms with van der Waals surface area (Å²) < 4.78 is 5.33. The first-order valence-electron chi connectivity index (χ1n) is 27.0. The zero-order valence-electron chi connectivity index (χ0n) is 43.8. The lowest BCUT2D eigenvalue weighted by atomic mass is 9.31. The monoisotopic (exact) mass is 968 g/mol. The van der Waals surface area contributed by atoms with Crippen LogP contribution in [0.5, 0.6) is 0 Å². The van der Waals surface area contributed by atoms with Crippen LogP contribution in [0.15, 0.2) is 218 Å². The summed E-state index contributed by atoms with van der Waals surface area (Å²) in [5.74, 6) is 0. The molecule has 0 aliphatic carbocycles. The van der Waals surface area contributed by atoms with Crippen molar-refractivity contribution in [3.8, 4) is 55.9 Å². The van der Waals surface area contributed by atoms with Crippen molar-refractivity contribution in [2.45, 2.75) is 41.5 Å². The molecule has 2 aliphatic heterocycles. The van der Waals surface area contributed by atoms with E-state index in [0.29, 0.717) is 0 Å². The van der Waals surface area contributed by atoms with E-state index in [1.807, 2.05) is 0 Å². The third-order valence-corrected chi connectivity index (χ3v) is 17.2. The Morgan fingerprint density at radius 2 is 0.645 bits per heavy atom. The van der Waals surface area contributed by atoms with E-state index in [2.05, 4.69) is 269 Å². The van der Waals surface area contributed by atoms with Gasteiger partial charge in [0.1, 0.15) is 0 Å². The highest BCUT2D eigenvalue weighted by atomic mass is 15.0. The first kappa shape index (κ1) is 44.6. The number of benzene rings is 11. The molecular formula is C72H54B2N2. The van der Waals surface area contributed by atoms with Crippen molar-refractivity contribution in [3.05, 3.63) is 252 Å². The Hall–Kier alpha value is -8.85. The zero-order valence-corrected chi connectivity index (χ0v) is 43.8. The molecule has 4 heterocycles. The average molecular weight is 969 g/mol. The minimum absolute atomic E-state index is 0.0313. The minimum Gasteiger partial charge on any atom is -0.310 e. The first-order chi connectivity index (χ1) is 37.2. The highest BCUT2D eigenvalue weighted by Crippen LogP contribution is 2.44. The molecule has 0 amide bonds. The van der Waals surface area contributed by atoms with Gasteiger partial charge in [0.15, 0.2) is 0 Å². The lowest BCUT2D eigenvalue weighted by molar-refractivity contribution is 1.15. The van der Waals surface area contributed by atoms with Crippen LogP contribution in [0, 0.1) is 41.5 Å². The summed E-state index contributed by atoms with van der Waals surface area (Å²) in [7, 11) is 0. The smallest absolute Gasteiger partial charge is 0.247 e. The Morgan fingerprint density at radius 3 is 1.01 bits per heavy atom. The Morgan fingerprint density at radius 1 is 0.289 bits per heavy atom. The predicted octanol–water partition coefficient (Wildman–Crippen LogP) is 14.1. The van der Waals surface area contributed by atoms with Crippen molar-refractivity contribution in [2.75, 3.05) is 0 Å². The standard InChI is InChI=1S/C72H54B2N2/c1-43-35-45(3)69(46(4)36-43)73-59-31-29-55(51-23-15-9-16-24-51)67-57-39-53(49-19-11-7-12-20-49)27-33-63(57)75(71(59)67)65-42-66-62(41-61(65)73)74(70-47(5)37-44(2)38-48(70)6)60-32-30-56(52-25-17-10-18-26-52)68-58-40-54(50-21-13-8-14-22-50)28-34-64(58)76(66)72(60)68/h7-42H,1-6H3. The van der Waals surface area contributed by atoms with Gasteiger partial charge in [-0.1, -0.05) is 232 Å². The Bertz CT molecular complexity index is 4230. The van der Waals surface area contributed by atoms with Crippen molar-refractivity contribution < 1.29 is 0 Å². The molecular weight excluding hydrogens is 914 g/mol. The Kier molecular flexibility index (Phi) is 9.88. The summed E-state index contributed by atoms with van der Waals surface area (Å²) in [6.45, 7) is 13.8. The molecule has 0 fully saturated rings. The third kappa shape index (κ3) is 6.50. The van der Waals surface area contributed by atoms with Crippen molar-refractivity contribution >= 4 is 89.8 Å². The van der Waals surface area contributed by atoms with E-state index in [0.717, 1.165) is 0 Å². The van der Waals surface area contributed by atoms with Gasteiger partial charge in [-0.25, -0.2) is 0 Å². The van der Waals surface area contributed by atoms with Crippen LogP contribution in [0.3, 0.4) is 0 Å². The van der Waals surface area contributed by atoms with Crippen LogP contribution in [0.25, 0.3) is 99.5 Å². The molecule has 0 bridgehead atoms. The summed E-state index contributed by atoms with van der Waals surface area (Å²) in [6.07, 6.45) is 0. The summed E-state index contributed by atoms with van der Waals surface area (Å²) in [4.78, 5) is 0. The molecule has 0 spiro atoms. The summed E-state index contributed by atoms with van der Waals surface area (Å²) in [6, 6.07) is 83.0. The van der Waals surface area contributed by atoms with Gasteiger partial charge in [-0.2, -0.15) is 0 Å². The fourth-order valence-electron chi connectivity index (χ4n) is 14.4. The molecule has 13 aromatic rings. The van der Waals surface area contributed by atoms with Crippen molar-refractivity contribution in [3.63, 3.8) is 0 Å². The van der Waals surface area contributed by atoms with E-state index < -0.39 is 0 Å². The minimum atomic E-state index is -0.0313. The SMILES string of the molecule is Cc1cc(C)c(B2c3cc4c(cc3-n3c5ccc(-c6ccccc6)cc5c5c(-c6ccccc6)ccc2c53)-n2c3ccc(-c5ccccc5)cc3c3c(-c5ccccc5)ccc(c32)B4c2c(C)cc(C)cc2C)c(C)c1. The highest BCUT2D eigenvalue weighted by molar-refractivity contribution is 7.01. The van der Waals surface area contributed by atoms with Gasteiger partial charge in [0.2, 0.25) is 13.4 Å². The Balaban J connectivity index is 1.13. The van der Waals surface area contributed by atoms with Gasteiger partial charge >= 0.3 is 0 Å². The second-order valence-electron chi connectivity index (χ2n) is 21.9. The normalized spacial score (nSPS) is 12.6. The lowest BCUT2D eigenvalue weighted by Gasteiger charge is -2.34. The number of hydrogen-bond donors (Lipinski definition) is 0. The molecule has 0 atom stereocenters. The molecule has 2 aliphatic rings. The van der Waals surface area contributed by atoms with Crippen LogP contribution in [0.4, 0.5) is 0 Å². The molecule has 11 aromatic carbocycles. The third-order valence-electron chi connectivity index (χ3n) is 17.2. The van der Waals surface area contributed by atoms with Gasteiger partial charge in [-0.15, -0.1) is 0 Å². The van der Waals surface area contributed by atoms with E-state index in [1.54, 1.807) is 0 Å². The predicted molar refractivity (Wildman–Crippen MR) is 327 cm³/mol. The number of fused-ring (bicyclic) bond motifs is 10. The number of hydrogen-bond acceptors (Lipinski definition) is 0. The van der Waals surface area contributed by atoms with Crippen LogP contribution >= 0.6 is 0 Å². The van der Waals surface area contributed by atoms with Crippen molar-refractivity contribution in [1.82, 2.24) is 9.13 Å². The Labute approximate surface area is 445 Å². The van der Waals surface area contributed by atoms with Crippen LogP contribution in [0.1, 0.15) is 33.4 Å². The van der Waals surface area contributed by atoms with Crippen LogP contribution in [-0.2, 0) is 0 Å². The van der Waals surface area contributed by atoms with E-state index in [-0.39, 0.29) is 13.4 Å². The molecule has 4 heteroatoms. The van der Waals surface area contributed by atoms with Gasteiger partial charge in [0.05, 0.1) is 11.0 Å². The van der Waals surface area contributed by atoms with E-state index in [9.17, 15) is 0 Å². The summed E-state index contributed by atoms with van der Waals surface area (Å²) in [5, 5.41) is 5.14. The van der Waals surface area contributed by atoms with E-state index >= 15 is 0 Å². The number of aromatic nitrogens is 2. The maximum absolute atomic E-state index is 2.67. The average Bonchev–Trinajstić information content (AvgIpc) is 4.19. The van der Waals surface area contributed by atoms with Crippen molar-refractivity contribution in [2.24, 2.45) is 0 Å². The molecule has 0 N–H and O–H groups in total. The molecule has 0 unspecified atom stereocenters. The lowest BCUT2D eigenvalue weighted by Crippen LogP contribution is -2.62. The number of nitrogens with zero attached hydrogens (tertiary/aromatic N) is 2. The fourth-order valence-corrected chi connectivity index (χ4v) is 14.4. The molecule has 2 aromatic heterocycles. The van der Waals surface area contributed by atoms with Gasteiger partial charge in [0, 0.05) is 44.0 Å². The molecule has 0 radical (unpaired) electrons. The largest absolute Gasteiger partial charge is 0.310 e. The fraction of sp³-hybridized carbons (Fsp3) is 0.0833. The summed E-state index contributed by atoms with van der Waals surface area (Å²) >= 11 is 0. The van der Waals surface area contributed by atoms with Crippen molar-refractivity contribution in [1.29, 1.82) is 0 Å². The van der Waals surface area contributed by atoms with Gasteiger partial charge in [-0.3, -0.25) is 0 Å². The van der Waals surface area contributed by atoms with E-state index in [1.165, 1.54) is 166 Å². The maximum Gasteiger partial charge on any atom is 0.247 e. The highest BCUT2D eigenvalue weighted by Gasteiger charge is 2.42. The summed E-state index contributed by atoms with van der Waals surface area (Å²) in [5.41, 5.74) is 33.4. The maximum atomic E-state index is 2.67.